The maximum Gasteiger partial charge on any atom is 0.251 e. The summed E-state index contributed by atoms with van der Waals surface area (Å²) in [6, 6.07) is 9.48. The van der Waals surface area contributed by atoms with Gasteiger partial charge in [0.1, 0.15) is 0 Å². The molecule has 0 fully saturated rings. The third kappa shape index (κ3) is 3.92. The van der Waals surface area contributed by atoms with Gasteiger partial charge >= 0.3 is 0 Å². The van der Waals surface area contributed by atoms with E-state index in [-0.39, 0.29) is 12.5 Å². The second-order valence-electron chi connectivity index (χ2n) is 4.73. The lowest BCUT2D eigenvalue weighted by Crippen LogP contribution is -2.28. The summed E-state index contributed by atoms with van der Waals surface area (Å²) in [4.78, 5) is 12.0. The summed E-state index contributed by atoms with van der Waals surface area (Å²) in [5, 5.41) is 16.5. The highest BCUT2D eigenvalue weighted by atomic mass is 32.1. The zero-order chi connectivity index (χ0) is 14.4. The molecule has 2 aromatic rings. The van der Waals surface area contributed by atoms with E-state index in [2.05, 4.69) is 12.2 Å². The molecular weight excluding hydrogens is 270 g/mol. The standard InChI is InChI=1S/C16H19NO2S/c1-2-3-12-4-6-13(7-5-12)16(19)17-10-15(18)14-8-9-20-11-14/h4-9,11,15,18H,2-3,10H2,1H3,(H,17,19). The van der Waals surface area contributed by atoms with Crippen molar-refractivity contribution >= 4 is 17.2 Å². The first-order valence-corrected chi connectivity index (χ1v) is 7.72. The minimum atomic E-state index is -0.649. The molecule has 2 N–H and O–H groups in total. The van der Waals surface area contributed by atoms with E-state index in [1.54, 1.807) is 0 Å². The number of carbonyl (C=O) groups is 1. The molecule has 0 aliphatic heterocycles. The van der Waals surface area contributed by atoms with Gasteiger partial charge in [0, 0.05) is 12.1 Å². The summed E-state index contributed by atoms with van der Waals surface area (Å²) in [5.74, 6) is -0.151. The Labute approximate surface area is 123 Å². The normalized spacial score (nSPS) is 12.1. The van der Waals surface area contributed by atoms with Gasteiger partial charge in [0.05, 0.1) is 6.10 Å². The molecule has 0 saturated heterocycles. The number of aryl methyl sites for hydroxylation is 1. The third-order valence-corrected chi connectivity index (χ3v) is 3.84. The summed E-state index contributed by atoms with van der Waals surface area (Å²) in [7, 11) is 0. The molecule has 20 heavy (non-hydrogen) atoms. The Balaban J connectivity index is 1.88. The molecular formula is C16H19NO2S. The van der Waals surface area contributed by atoms with Gasteiger partial charge in [-0.15, -0.1) is 0 Å². The zero-order valence-electron chi connectivity index (χ0n) is 11.5. The van der Waals surface area contributed by atoms with Gasteiger partial charge in [-0.3, -0.25) is 4.79 Å². The molecule has 1 unspecified atom stereocenters. The number of thiophene rings is 1. The second-order valence-corrected chi connectivity index (χ2v) is 5.51. The molecule has 3 nitrogen and oxygen atoms in total. The maximum absolute atomic E-state index is 12.0. The van der Waals surface area contributed by atoms with Gasteiger partial charge in [-0.1, -0.05) is 25.5 Å². The van der Waals surface area contributed by atoms with E-state index in [4.69, 9.17) is 0 Å². The quantitative estimate of drug-likeness (QED) is 0.858. The minimum absolute atomic E-state index is 0.151. The van der Waals surface area contributed by atoms with Gasteiger partial charge in [0.2, 0.25) is 0 Å². The highest BCUT2D eigenvalue weighted by Gasteiger charge is 2.11. The fourth-order valence-corrected chi connectivity index (χ4v) is 2.69. The molecule has 0 spiro atoms. The average Bonchev–Trinajstić information content (AvgIpc) is 3.00. The van der Waals surface area contributed by atoms with Crippen LogP contribution in [0.5, 0.6) is 0 Å². The van der Waals surface area contributed by atoms with Gasteiger partial charge in [-0.25, -0.2) is 0 Å². The largest absolute Gasteiger partial charge is 0.387 e. The van der Waals surface area contributed by atoms with E-state index in [0.29, 0.717) is 5.56 Å². The third-order valence-electron chi connectivity index (χ3n) is 3.14. The molecule has 1 atom stereocenters. The number of carbonyl (C=O) groups excluding carboxylic acids is 1. The van der Waals surface area contributed by atoms with Crippen molar-refractivity contribution in [2.75, 3.05) is 6.54 Å². The number of hydrogen-bond acceptors (Lipinski definition) is 3. The molecule has 106 valence electrons. The van der Waals surface area contributed by atoms with Gasteiger partial charge in [0.15, 0.2) is 0 Å². The molecule has 1 amide bonds. The zero-order valence-corrected chi connectivity index (χ0v) is 12.3. The fourth-order valence-electron chi connectivity index (χ4n) is 1.99. The van der Waals surface area contributed by atoms with E-state index in [9.17, 15) is 9.90 Å². The van der Waals surface area contributed by atoms with E-state index in [1.165, 1.54) is 16.9 Å². The Morgan fingerprint density at radius 2 is 2.05 bits per heavy atom. The lowest BCUT2D eigenvalue weighted by Gasteiger charge is -2.10. The van der Waals surface area contributed by atoms with Crippen LogP contribution in [0, 0.1) is 0 Å². The van der Waals surface area contributed by atoms with E-state index >= 15 is 0 Å². The molecule has 2 rings (SSSR count). The summed E-state index contributed by atoms with van der Waals surface area (Å²) >= 11 is 1.53. The molecule has 1 aromatic heterocycles. The van der Waals surface area contributed by atoms with Crippen molar-refractivity contribution in [2.45, 2.75) is 25.9 Å². The molecule has 1 heterocycles. The number of amides is 1. The van der Waals surface area contributed by atoms with Crippen molar-refractivity contribution in [3.8, 4) is 0 Å². The first-order chi connectivity index (χ1) is 9.70. The van der Waals surface area contributed by atoms with Crippen molar-refractivity contribution < 1.29 is 9.90 Å². The van der Waals surface area contributed by atoms with Crippen LogP contribution in [-0.2, 0) is 6.42 Å². The van der Waals surface area contributed by atoms with Crippen LogP contribution < -0.4 is 5.32 Å². The molecule has 0 saturated carbocycles. The summed E-state index contributed by atoms with van der Waals surface area (Å²) in [6.07, 6.45) is 1.47. The lowest BCUT2D eigenvalue weighted by atomic mass is 10.1. The smallest absolute Gasteiger partial charge is 0.251 e. The van der Waals surface area contributed by atoms with Crippen LogP contribution >= 0.6 is 11.3 Å². The molecule has 0 bridgehead atoms. The SMILES string of the molecule is CCCc1ccc(C(=O)NCC(O)c2ccsc2)cc1. The lowest BCUT2D eigenvalue weighted by molar-refractivity contribution is 0.0916. The number of rotatable bonds is 6. The second kappa shape index (κ2) is 7.22. The molecule has 4 heteroatoms. The Hall–Kier alpha value is -1.65. The number of aliphatic hydroxyl groups is 1. The topological polar surface area (TPSA) is 49.3 Å². The van der Waals surface area contributed by atoms with Crippen LogP contribution in [0.25, 0.3) is 0 Å². The van der Waals surface area contributed by atoms with Crippen molar-refractivity contribution in [3.05, 3.63) is 57.8 Å². The van der Waals surface area contributed by atoms with Crippen LogP contribution in [0.1, 0.15) is 40.9 Å². The number of nitrogens with one attached hydrogen (secondary N) is 1. The first-order valence-electron chi connectivity index (χ1n) is 6.78. The molecule has 0 aliphatic rings. The van der Waals surface area contributed by atoms with Crippen LogP contribution in [0.15, 0.2) is 41.1 Å². The highest BCUT2D eigenvalue weighted by Crippen LogP contribution is 2.15. The summed E-state index contributed by atoms with van der Waals surface area (Å²) < 4.78 is 0. The van der Waals surface area contributed by atoms with E-state index in [0.717, 1.165) is 18.4 Å². The van der Waals surface area contributed by atoms with Crippen molar-refractivity contribution in [2.24, 2.45) is 0 Å². The highest BCUT2D eigenvalue weighted by molar-refractivity contribution is 7.07. The van der Waals surface area contributed by atoms with Gasteiger partial charge in [-0.05, 0) is 46.5 Å². The predicted octanol–water partition coefficient (Wildman–Crippen LogP) is 3.16. The number of hydrogen-bond donors (Lipinski definition) is 2. The van der Waals surface area contributed by atoms with Gasteiger partial charge in [-0.2, -0.15) is 11.3 Å². The van der Waals surface area contributed by atoms with Crippen LogP contribution in [0.3, 0.4) is 0 Å². The monoisotopic (exact) mass is 289 g/mol. The summed E-state index contributed by atoms with van der Waals surface area (Å²) in [5.41, 5.74) is 2.71. The van der Waals surface area contributed by atoms with Crippen LogP contribution in [0.2, 0.25) is 0 Å². The molecule has 0 aliphatic carbocycles. The first kappa shape index (κ1) is 14.8. The number of aliphatic hydroxyl groups excluding tert-OH is 1. The van der Waals surface area contributed by atoms with Crippen molar-refractivity contribution in [1.29, 1.82) is 0 Å². The number of benzene rings is 1. The van der Waals surface area contributed by atoms with E-state index < -0.39 is 6.10 Å². The fraction of sp³-hybridized carbons (Fsp3) is 0.312. The average molecular weight is 289 g/mol. The van der Waals surface area contributed by atoms with Crippen LogP contribution in [-0.4, -0.2) is 17.6 Å². The van der Waals surface area contributed by atoms with Crippen LogP contribution in [0.4, 0.5) is 0 Å². The summed E-state index contributed by atoms with van der Waals surface area (Å²) in [6.45, 7) is 2.36. The Morgan fingerprint density at radius 3 is 2.65 bits per heavy atom. The predicted molar refractivity (Wildman–Crippen MR) is 82.0 cm³/mol. The maximum atomic E-state index is 12.0. The van der Waals surface area contributed by atoms with Gasteiger partial charge in [0.25, 0.3) is 5.91 Å². The van der Waals surface area contributed by atoms with Crippen molar-refractivity contribution in [3.63, 3.8) is 0 Å². The van der Waals surface area contributed by atoms with E-state index in [1.807, 2.05) is 41.1 Å². The Bertz CT molecular complexity index is 534. The van der Waals surface area contributed by atoms with Crippen molar-refractivity contribution in [1.82, 2.24) is 5.32 Å². The Morgan fingerprint density at radius 1 is 1.30 bits per heavy atom. The molecule has 0 radical (unpaired) electrons. The molecule has 1 aromatic carbocycles. The minimum Gasteiger partial charge on any atom is -0.387 e. The Kier molecular flexibility index (Phi) is 5.32. The van der Waals surface area contributed by atoms with Gasteiger partial charge < -0.3 is 10.4 Å².